The molecule has 0 amide bonds. The molecular formula is C9H15NOS. The van der Waals surface area contributed by atoms with Gasteiger partial charge in [0.05, 0.1) is 12.1 Å². The highest BCUT2D eigenvalue weighted by Gasteiger charge is 2.28. The van der Waals surface area contributed by atoms with Gasteiger partial charge in [0.15, 0.2) is 0 Å². The highest BCUT2D eigenvalue weighted by atomic mass is 32.1. The maximum absolute atomic E-state index is 9.29. The van der Waals surface area contributed by atoms with E-state index in [2.05, 4.69) is 6.07 Å². The number of hydrogen-bond donors (Lipinski definition) is 1. The van der Waals surface area contributed by atoms with Crippen LogP contribution >= 0.6 is 11.3 Å². The molecule has 3 heteroatoms. The molecule has 0 aliphatic carbocycles. The molecule has 1 atom stereocenters. The summed E-state index contributed by atoms with van der Waals surface area (Å²) in [5, 5.41) is 11.3. The lowest BCUT2D eigenvalue weighted by atomic mass is 10.0. The second kappa shape index (κ2) is 3.56. The highest BCUT2D eigenvalue weighted by molar-refractivity contribution is 7.10. The van der Waals surface area contributed by atoms with Gasteiger partial charge in [-0.3, -0.25) is 4.90 Å². The Morgan fingerprint density at radius 3 is 2.58 bits per heavy atom. The van der Waals surface area contributed by atoms with Crippen LogP contribution in [0.3, 0.4) is 0 Å². The van der Waals surface area contributed by atoms with Crippen LogP contribution in [0.2, 0.25) is 0 Å². The molecule has 0 aliphatic rings. The van der Waals surface area contributed by atoms with Gasteiger partial charge in [0.1, 0.15) is 0 Å². The molecule has 1 N–H and O–H groups in total. The topological polar surface area (TPSA) is 23.5 Å². The summed E-state index contributed by atoms with van der Waals surface area (Å²) in [5.41, 5.74) is -0.228. The van der Waals surface area contributed by atoms with Gasteiger partial charge in [-0.1, -0.05) is 6.07 Å². The molecule has 1 heterocycles. The normalized spacial score (nSPS) is 16.4. The molecule has 0 fully saturated rings. The van der Waals surface area contributed by atoms with E-state index in [9.17, 15) is 5.11 Å². The van der Waals surface area contributed by atoms with Crippen LogP contribution in [0.4, 0.5) is 0 Å². The lowest BCUT2D eigenvalue weighted by Gasteiger charge is -2.33. The smallest absolute Gasteiger partial charge is 0.0754 e. The second-order valence-corrected chi connectivity index (χ2v) is 4.25. The molecule has 12 heavy (non-hydrogen) atoms. The van der Waals surface area contributed by atoms with Crippen molar-refractivity contribution < 1.29 is 5.11 Å². The average molecular weight is 185 g/mol. The van der Waals surface area contributed by atoms with E-state index < -0.39 is 0 Å². The number of rotatable bonds is 3. The minimum absolute atomic E-state index is 0.153. The van der Waals surface area contributed by atoms with Gasteiger partial charge in [-0.2, -0.15) is 0 Å². The summed E-state index contributed by atoms with van der Waals surface area (Å²) >= 11 is 1.68. The third-order valence-electron chi connectivity index (χ3n) is 2.35. The van der Waals surface area contributed by atoms with E-state index in [1.54, 1.807) is 11.3 Å². The minimum atomic E-state index is -0.228. The van der Waals surface area contributed by atoms with Gasteiger partial charge in [0.25, 0.3) is 0 Å². The zero-order chi connectivity index (χ0) is 9.19. The van der Waals surface area contributed by atoms with E-state index in [1.807, 2.05) is 37.4 Å². The first-order valence-electron chi connectivity index (χ1n) is 3.93. The molecule has 68 valence electrons. The molecule has 1 aromatic rings. The number of aliphatic hydroxyl groups excluding tert-OH is 1. The Balaban J connectivity index is 2.96. The zero-order valence-corrected chi connectivity index (χ0v) is 8.56. The highest BCUT2D eigenvalue weighted by Crippen LogP contribution is 2.28. The van der Waals surface area contributed by atoms with Crippen molar-refractivity contribution in [2.75, 3.05) is 20.7 Å². The van der Waals surface area contributed by atoms with Crippen molar-refractivity contribution in [2.45, 2.75) is 12.5 Å². The fourth-order valence-electron chi connectivity index (χ4n) is 1.02. The predicted molar refractivity (Wildman–Crippen MR) is 52.4 cm³/mol. The molecule has 0 unspecified atom stereocenters. The first-order valence-corrected chi connectivity index (χ1v) is 4.81. The molecule has 0 aliphatic heterocycles. The molecule has 0 aromatic carbocycles. The van der Waals surface area contributed by atoms with Crippen molar-refractivity contribution >= 4 is 11.3 Å². The molecule has 1 rings (SSSR count). The molecule has 1 aromatic heterocycles. The Kier molecular flexibility index (Phi) is 2.88. The molecule has 0 saturated carbocycles. The van der Waals surface area contributed by atoms with Crippen LogP contribution in [-0.2, 0) is 5.54 Å². The third-order valence-corrected chi connectivity index (χ3v) is 3.47. The first-order chi connectivity index (χ1) is 5.61. The second-order valence-electron chi connectivity index (χ2n) is 3.30. The summed E-state index contributed by atoms with van der Waals surface area (Å²) in [6, 6.07) is 4.07. The Bertz CT molecular complexity index is 233. The van der Waals surface area contributed by atoms with E-state index >= 15 is 0 Å². The maximum atomic E-state index is 9.29. The number of hydrogen-bond acceptors (Lipinski definition) is 3. The number of aliphatic hydroxyl groups is 1. The molecule has 0 bridgehead atoms. The quantitative estimate of drug-likeness (QED) is 0.771. The number of thiophene rings is 1. The largest absolute Gasteiger partial charge is 0.394 e. The van der Waals surface area contributed by atoms with E-state index in [4.69, 9.17) is 0 Å². The van der Waals surface area contributed by atoms with Crippen LogP contribution in [0.25, 0.3) is 0 Å². The standard InChI is InChI=1S/C9H15NOS/c1-9(7-11,10(2)3)8-5-4-6-12-8/h4-6,11H,7H2,1-3H3/t9-/m0/s1. The van der Waals surface area contributed by atoms with Crippen LogP contribution in [0.1, 0.15) is 11.8 Å². The Hall–Kier alpha value is -0.380. The third kappa shape index (κ3) is 1.53. The molecule has 0 radical (unpaired) electrons. The summed E-state index contributed by atoms with van der Waals surface area (Å²) in [6.07, 6.45) is 0. The summed E-state index contributed by atoms with van der Waals surface area (Å²) in [5.74, 6) is 0. The predicted octanol–water partition coefficient (Wildman–Crippen LogP) is 1.52. The van der Waals surface area contributed by atoms with Crippen molar-refractivity contribution in [2.24, 2.45) is 0 Å². The van der Waals surface area contributed by atoms with Crippen LogP contribution < -0.4 is 0 Å². The summed E-state index contributed by atoms with van der Waals surface area (Å²) in [6.45, 7) is 2.19. The van der Waals surface area contributed by atoms with Gasteiger partial charge >= 0.3 is 0 Å². The van der Waals surface area contributed by atoms with Gasteiger partial charge in [-0.05, 0) is 32.5 Å². The average Bonchev–Trinajstić information content (AvgIpc) is 2.54. The van der Waals surface area contributed by atoms with Crippen LogP contribution in [0, 0.1) is 0 Å². The Labute approximate surface area is 77.5 Å². The minimum Gasteiger partial charge on any atom is -0.394 e. The first kappa shape index (κ1) is 9.71. The summed E-state index contributed by atoms with van der Waals surface area (Å²) in [4.78, 5) is 3.24. The van der Waals surface area contributed by atoms with Crippen molar-refractivity contribution in [1.29, 1.82) is 0 Å². The lowest BCUT2D eigenvalue weighted by molar-refractivity contribution is 0.0857. The van der Waals surface area contributed by atoms with Gasteiger partial charge in [0, 0.05) is 4.88 Å². The number of likely N-dealkylation sites (N-methyl/N-ethyl adjacent to an activating group) is 1. The Morgan fingerprint density at radius 1 is 1.58 bits per heavy atom. The SMILES string of the molecule is CN(C)[C@@](C)(CO)c1cccs1. The molecule has 2 nitrogen and oxygen atoms in total. The maximum Gasteiger partial charge on any atom is 0.0754 e. The fourth-order valence-corrected chi connectivity index (χ4v) is 1.99. The molecule has 0 saturated heterocycles. The van der Waals surface area contributed by atoms with Gasteiger partial charge in [0.2, 0.25) is 0 Å². The van der Waals surface area contributed by atoms with E-state index in [-0.39, 0.29) is 12.1 Å². The van der Waals surface area contributed by atoms with Crippen molar-refractivity contribution in [3.63, 3.8) is 0 Å². The fraction of sp³-hybridized carbons (Fsp3) is 0.556. The van der Waals surface area contributed by atoms with Crippen molar-refractivity contribution in [1.82, 2.24) is 4.90 Å². The summed E-state index contributed by atoms with van der Waals surface area (Å²) < 4.78 is 0. The van der Waals surface area contributed by atoms with Crippen molar-refractivity contribution in [3.8, 4) is 0 Å². The lowest BCUT2D eigenvalue weighted by Crippen LogP contribution is -2.41. The van der Waals surface area contributed by atoms with Gasteiger partial charge in [-0.15, -0.1) is 11.3 Å². The monoisotopic (exact) mass is 185 g/mol. The molecule has 0 spiro atoms. The molecular weight excluding hydrogens is 170 g/mol. The van der Waals surface area contributed by atoms with Crippen LogP contribution in [0.15, 0.2) is 17.5 Å². The summed E-state index contributed by atoms with van der Waals surface area (Å²) in [7, 11) is 3.96. The van der Waals surface area contributed by atoms with Gasteiger partial charge < -0.3 is 5.11 Å². The zero-order valence-electron chi connectivity index (χ0n) is 7.74. The van der Waals surface area contributed by atoms with E-state index in [0.29, 0.717) is 0 Å². The number of nitrogens with zero attached hydrogens (tertiary/aromatic N) is 1. The van der Waals surface area contributed by atoms with E-state index in [0.717, 1.165) is 0 Å². The Morgan fingerprint density at radius 2 is 2.25 bits per heavy atom. The van der Waals surface area contributed by atoms with Crippen molar-refractivity contribution in [3.05, 3.63) is 22.4 Å². The van der Waals surface area contributed by atoms with Gasteiger partial charge in [-0.25, -0.2) is 0 Å². The van der Waals surface area contributed by atoms with E-state index in [1.165, 1.54) is 4.88 Å². The van der Waals surface area contributed by atoms with Crippen LogP contribution in [-0.4, -0.2) is 30.7 Å². The van der Waals surface area contributed by atoms with Crippen LogP contribution in [0.5, 0.6) is 0 Å².